The second-order valence-electron chi connectivity index (χ2n) is 4.35. The van der Waals surface area contributed by atoms with Crippen molar-refractivity contribution in [1.82, 2.24) is 9.55 Å². The molecule has 4 atom stereocenters. The fourth-order valence-electron chi connectivity index (χ4n) is 1.97. The fourth-order valence-corrected chi connectivity index (χ4v) is 2.26. The number of halogens is 1. The van der Waals surface area contributed by atoms with Gasteiger partial charge in [0.15, 0.2) is 6.23 Å². The molecule has 1 aromatic rings. The molecule has 2 rings (SSSR count). The Kier molecular flexibility index (Phi) is 3.33. The van der Waals surface area contributed by atoms with Crippen LogP contribution in [0.3, 0.4) is 0 Å². The van der Waals surface area contributed by atoms with Crippen molar-refractivity contribution in [2.75, 3.05) is 12.3 Å². The molecular weight excluding hydrogens is 262 g/mol. The van der Waals surface area contributed by atoms with Crippen molar-refractivity contribution in [3.8, 4) is 0 Å². The van der Waals surface area contributed by atoms with Crippen LogP contribution in [0.25, 0.3) is 0 Å². The Bertz CT molecular complexity index is 504. The van der Waals surface area contributed by atoms with Crippen LogP contribution < -0.4 is 11.4 Å². The molecule has 0 saturated carbocycles. The summed E-state index contributed by atoms with van der Waals surface area (Å²) in [6.45, 7) is 1.14. The van der Waals surface area contributed by atoms with Gasteiger partial charge in [0.2, 0.25) is 0 Å². The molecule has 1 saturated heterocycles. The topological polar surface area (TPSA) is 111 Å². The highest BCUT2D eigenvalue weighted by atomic mass is 35.5. The van der Waals surface area contributed by atoms with Crippen LogP contribution in [-0.2, 0) is 4.74 Å². The second kappa shape index (κ2) is 4.51. The van der Waals surface area contributed by atoms with Crippen molar-refractivity contribution < 1.29 is 14.9 Å². The van der Waals surface area contributed by atoms with Crippen molar-refractivity contribution in [2.24, 2.45) is 0 Å². The Morgan fingerprint density at radius 3 is 2.89 bits per heavy atom. The highest BCUT2D eigenvalue weighted by molar-refractivity contribution is 6.24. The maximum atomic E-state index is 11.7. The lowest BCUT2D eigenvalue weighted by molar-refractivity contribution is -0.0469. The van der Waals surface area contributed by atoms with E-state index in [0.29, 0.717) is 0 Å². The third-order valence-corrected chi connectivity index (χ3v) is 3.41. The number of anilines is 1. The lowest BCUT2D eigenvalue weighted by Gasteiger charge is -2.26. The zero-order valence-electron chi connectivity index (χ0n) is 9.65. The van der Waals surface area contributed by atoms with E-state index >= 15 is 0 Å². The molecule has 0 radical (unpaired) electrons. The first-order chi connectivity index (χ1) is 8.37. The first kappa shape index (κ1) is 13.3. The molecule has 1 aliphatic rings. The molecule has 0 bridgehead atoms. The van der Waals surface area contributed by atoms with E-state index in [9.17, 15) is 9.90 Å². The highest BCUT2D eigenvalue weighted by Gasteiger charge is 2.53. The van der Waals surface area contributed by atoms with Crippen LogP contribution in [-0.4, -0.2) is 43.5 Å². The number of aliphatic hydroxyl groups excluding tert-OH is 2. The van der Waals surface area contributed by atoms with Gasteiger partial charge in [-0.2, -0.15) is 4.98 Å². The number of ether oxygens (including phenoxy) is 1. The Morgan fingerprint density at radius 2 is 2.39 bits per heavy atom. The molecule has 1 aromatic heterocycles. The van der Waals surface area contributed by atoms with E-state index in [1.165, 1.54) is 19.2 Å². The smallest absolute Gasteiger partial charge is 0.351 e. The molecule has 7 nitrogen and oxygen atoms in total. The highest BCUT2D eigenvalue weighted by Crippen LogP contribution is 2.42. The first-order valence-electron chi connectivity index (χ1n) is 5.36. The third-order valence-electron chi connectivity index (χ3n) is 3.00. The number of nitrogens with two attached hydrogens (primary N) is 1. The summed E-state index contributed by atoms with van der Waals surface area (Å²) < 4.78 is 6.54. The zero-order valence-corrected chi connectivity index (χ0v) is 10.4. The minimum Gasteiger partial charge on any atom is -0.394 e. The normalized spacial score (nSPS) is 35.9. The van der Waals surface area contributed by atoms with E-state index in [4.69, 9.17) is 27.2 Å². The monoisotopic (exact) mass is 275 g/mol. The minimum atomic E-state index is -1.24. The summed E-state index contributed by atoms with van der Waals surface area (Å²) in [7, 11) is 0. The summed E-state index contributed by atoms with van der Waals surface area (Å²) in [4.78, 5) is 14.0. The van der Waals surface area contributed by atoms with Crippen molar-refractivity contribution in [3.05, 3.63) is 22.7 Å². The van der Waals surface area contributed by atoms with Gasteiger partial charge in [0.1, 0.15) is 22.9 Å². The van der Waals surface area contributed by atoms with Gasteiger partial charge in [-0.15, -0.1) is 11.6 Å². The van der Waals surface area contributed by atoms with Gasteiger partial charge in [0, 0.05) is 6.20 Å². The van der Waals surface area contributed by atoms with E-state index in [1.54, 1.807) is 0 Å². The number of rotatable bonds is 2. The first-order valence-corrected chi connectivity index (χ1v) is 5.73. The molecule has 2 heterocycles. The molecule has 1 unspecified atom stereocenters. The summed E-state index contributed by atoms with van der Waals surface area (Å²) >= 11 is 6.20. The van der Waals surface area contributed by atoms with Crippen LogP contribution in [0.1, 0.15) is 13.2 Å². The van der Waals surface area contributed by atoms with Gasteiger partial charge in [-0.25, -0.2) is 4.79 Å². The summed E-state index contributed by atoms with van der Waals surface area (Å²) in [6, 6.07) is 1.43. The van der Waals surface area contributed by atoms with E-state index in [-0.39, 0.29) is 5.82 Å². The minimum absolute atomic E-state index is 0.0878. The lowest BCUT2D eigenvalue weighted by Crippen LogP contribution is -2.42. The molecule has 18 heavy (non-hydrogen) atoms. The molecular formula is C10H14ClN3O4. The van der Waals surface area contributed by atoms with Gasteiger partial charge < -0.3 is 20.7 Å². The number of aromatic nitrogens is 2. The van der Waals surface area contributed by atoms with Crippen LogP contribution in [0.15, 0.2) is 17.1 Å². The quantitative estimate of drug-likeness (QED) is 0.602. The van der Waals surface area contributed by atoms with Gasteiger partial charge >= 0.3 is 5.69 Å². The van der Waals surface area contributed by atoms with Crippen molar-refractivity contribution in [3.63, 3.8) is 0 Å². The van der Waals surface area contributed by atoms with Gasteiger partial charge in [0.05, 0.1) is 6.61 Å². The Hall–Kier alpha value is -1.15. The van der Waals surface area contributed by atoms with Gasteiger partial charge in [0.25, 0.3) is 0 Å². The van der Waals surface area contributed by atoms with Crippen LogP contribution in [0.2, 0.25) is 0 Å². The van der Waals surface area contributed by atoms with Gasteiger partial charge in [-0.05, 0) is 13.0 Å². The summed E-state index contributed by atoms with van der Waals surface area (Å²) in [6.07, 6.45) is -1.48. The average molecular weight is 276 g/mol. The van der Waals surface area contributed by atoms with E-state index in [1.807, 2.05) is 0 Å². The number of aliphatic hydroxyl groups is 2. The maximum absolute atomic E-state index is 11.7. The number of nitrogens with zero attached hydrogens (tertiary/aromatic N) is 2. The average Bonchev–Trinajstić information content (AvgIpc) is 2.52. The Labute approximate surface area is 108 Å². The SMILES string of the molecule is C[C@]1(Cl)C(n2ccc(N)nc2=O)O[C@H](CO)[C@H]1O. The molecule has 0 amide bonds. The second-order valence-corrected chi connectivity index (χ2v) is 5.16. The lowest BCUT2D eigenvalue weighted by atomic mass is 10.0. The summed E-state index contributed by atoms with van der Waals surface area (Å²) in [5, 5.41) is 19.0. The Morgan fingerprint density at radius 1 is 1.72 bits per heavy atom. The number of nitrogen functional groups attached to an aromatic ring is 1. The van der Waals surface area contributed by atoms with Crippen LogP contribution >= 0.6 is 11.6 Å². The fraction of sp³-hybridized carbons (Fsp3) is 0.600. The molecule has 0 aliphatic carbocycles. The van der Waals surface area contributed by atoms with Gasteiger partial charge in [-0.3, -0.25) is 4.57 Å². The molecule has 1 fully saturated rings. The van der Waals surface area contributed by atoms with Crippen LogP contribution in [0, 0.1) is 0 Å². The number of alkyl halides is 1. The van der Waals surface area contributed by atoms with E-state index in [2.05, 4.69) is 4.98 Å². The maximum Gasteiger partial charge on any atom is 0.351 e. The van der Waals surface area contributed by atoms with Crippen LogP contribution in [0.4, 0.5) is 5.82 Å². The molecule has 100 valence electrons. The van der Waals surface area contributed by atoms with Gasteiger partial charge in [-0.1, -0.05) is 0 Å². The standard InChI is InChI=1S/C10H14ClN3O4/c1-10(11)7(16)5(4-15)18-8(10)14-3-2-6(12)13-9(14)17/h2-3,5,7-8,15-16H,4H2,1H3,(H2,12,13,17)/t5-,7-,8?,10-/m1/s1. The van der Waals surface area contributed by atoms with Crippen molar-refractivity contribution in [1.29, 1.82) is 0 Å². The predicted molar refractivity (Wildman–Crippen MR) is 64.2 cm³/mol. The molecule has 0 spiro atoms. The third kappa shape index (κ3) is 1.99. The van der Waals surface area contributed by atoms with E-state index < -0.39 is 35.6 Å². The predicted octanol–water partition coefficient (Wildman–Crippen LogP) is -0.926. The number of hydrogen-bond acceptors (Lipinski definition) is 6. The summed E-state index contributed by atoms with van der Waals surface area (Å²) in [5.41, 5.74) is 4.76. The van der Waals surface area contributed by atoms with Crippen molar-refractivity contribution >= 4 is 17.4 Å². The molecule has 8 heteroatoms. The van der Waals surface area contributed by atoms with E-state index in [0.717, 1.165) is 4.57 Å². The molecule has 1 aliphatic heterocycles. The van der Waals surface area contributed by atoms with Crippen LogP contribution in [0.5, 0.6) is 0 Å². The Balaban J connectivity index is 2.42. The largest absolute Gasteiger partial charge is 0.394 e. The molecule has 0 aromatic carbocycles. The number of hydrogen-bond donors (Lipinski definition) is 3. The molecule has 4 N–H and O–H groups in total. The zero-order chi connectivity index (χ0) is 13.5. The van der Waals surface area contributed by atoms with Crippen molar-refractivity contribution in [2.45, 2.75) is 30.2 Å². The summed E-state index contributed by atoms with van der Waals surface area (Å²) in [5.74, 6) is 0.0878.